The van der Waals surface area contributed by atoms with Crippen molar-refractivity contribution in [3.63, 3.8) is 0 Å². The molecule has 0 unspecified atom stereocenters. The molecule has 1 aliphatic rings. The van der Waals surface area contributed by atoms with Crippen LogP contribution >= 0.6 is 0 Å². The van der Waals surface area contributed by atoms with Crippen molar-refractivity contribution in [2.75, 3.05) is 19.6 Å². The van der Waals surface area contributed by atoms with Gasteiger partial charge in [-0.05, 0) is 38.8 Å². The van der Waals surface area contributed by atoms with Crippen molar-refractivity contribution in [3.05, 3.63) is 5.82 Å². The van der Waals surface area contributed by atoms with Crippen LogP contribution in [0.25, 0.3) is 0 Å². The van der Waals surface area contributed by atoms with Gasteiger partial charge in [-0.3, -0.25) is 4.79 Å². The fourth-order valence-electron chi connectivity index (χ4n) is 2.17. The molecule has 7 nitrogen and oxygen atoms in total. The van der Waals surface area contributed by atoms with Crippen LogP contribution in [0.5, 0.6) is 0 Å². The minimum absolute atomic E-state index is 0.171. The monoisotopic (exact) mass is 252 g/mol. The Labute approximate surface area is 106 Å². The highest BCUT2D eigenvalue weighted by Crippen LogP contribution is 2.13. The molecular formula is C11H20N6O. The second-order valence-corrected chi connectivity index (χ2v) is 4.60. The average molecular weight is 252 g/mol. The third-order valence-electron chi connectivity index (χ3n) is 3.21. The molecule has 1 amide bonds. The van der Waals surface area contributed by atoms with E-state index in [-0.39, 0.29) is 11.8 Å². The third kappa shape index (κ3) is 4.06. The van der Waals surface area contributed by atoms with E-state index in [1.165, 1.54) is 0 Å². The molecule has 2 rings (SSSR count). The molecule has 3 N–H and O–H groups in total. The molecule has 1 aliphatic heterocycles. The van der Waals surface area contributed by atoms with Gasteiger partial charge in [0.2, 0.25) is 5.91 Å². The van der Waals surface area contributed by atoms with Crippen LogP contribution in [-0.4, -0.2) is 46.2 Å². The quantitative estimate of drug-likeness (QED) is 0.622. The third-order valence-corrected chi connectivity index (χ3v) is 3.21. The Kier molecular flexibility index (Phi) is 5.07. The molecule has 0 spiro atoms. The van der Waals surface area contributed by atoms with Gasteiger partial charge < -0.3 is 10.6 Å². The van der Waals surface area contributed by atoms with Crippen LogP contribution in [0.3, 0.4) is 0 Å². The molecule has 18 heavy (non-hydrogen) atoms. The normalized spacial score (nSPS) is 20.3. The number of tetrazole rings is 1. The van der Waals surface area contributed by atoms with E-state index in [4.69, 9.17) is 0 Å². The molecule has 0 bridgehead atoms. The Balaban J connectivity index is 1.61. The largest absolute Gasteiger partial charge is 0.356 e. The van der Waals surface area contributed by atoms with Crippen LogP contribution in [0.15, 0.2) is 0 Å². The van der Waals surface area contributed by atoms with Gasteiger partial charge in [0.05, 0.1) is 0 Å². The van der Waals surface area contributed by atoms with Crippen LogP contribution in [-0.2, 0) is 11.2 Å². The summed E-state index contributed by atoms with van der Waals surface area (Å²) >= 11 is 0. The lowest BCUT2D eigenvalue weighted by molar-refractivity contribution is -0.125. The summed E-state index contributed by atoms with van der Waals surface area (Å²) in [7, 11) is 0. The molecule has 0 saturated carbocycles. The first kappa shape index (κ1) is 12.9. The van der Waals surface area contributed by atoms with Gasteiger partial charge in [0.25, 0.3) is 0 Å². The molecule has 0 radical (unpaired) electrons. The second-order valence-electron chi connectivity index (χ2n) is 4.60. The number of carbonyl (C=O) groups is 1. The summed E-state index contributed by atoms with van der Waals surface area (Å²) in [6, 6.07) is 0. The highest BCUT2D eigenvalue weighted by Gasteiger charge is 2.19. The van der Waals surface area contributed by atoms with Crippen LogP contribution in [0.4, 0.5) is 0 Å². The van der Waals surface area contributed by atoms with E-state index >= 15 is 0 Å². The van der Waals surface area contributed by atoms with Gasteiger partial charge >= 0.3 is 0 Å². The van der Waals surface area contributed by atoms with E-state index in [9.17, 15) is 4.79 Å². The van der Waals surface area contributed by atoms with Crippen molar-refractivity contribution < 1.29 is 4.79 Å². The fourth-order valence-corrected chi connectivity index (χ4v) is 2.17. The lowest BCUT2D eigenvalue weighted by Gasteiger charge is -2.13. The molecule has 7 heteroatoms. The number of aromatic nitrogens is 4. The zero-order valence-electron chi connectivity index (χ0n) is 10.5. The zero-order chi connectivity index (χ0) is 12.6. The van der Waals surface area contributed by atoms with Crippen molar-refractivity contribution in [1.82, 2.24) is 31.3 Å². The molecule has 2 heterocycles. The second kappa shape index (κ2) is 7.05. The number of aryl methyl sites for hydroxylation is 1. The molecule has 1 atom stereocenters. The summed E-state index contributed by atoms with van der Waals surface area (Å²) in [5, 5.41) is 19.9. The summed E-state index contributed by atoms with van der Waals surface area (Å²) in [5.74, 6) is 1.06. The molecule has 100 valence electrons. The van der Waals surface area contributed by atoms with Crippen molar-refractivity contribution in [2.45, 2.75) is 32.1 Å². The summed E-state index contributed by atoms with van der Waals surface area (Å²) in [5.41, 5.74) is 0. The summed E-state index contributed by atoms with van der Waals surface area (Å²) in [4.78, 5) is 11.9. The number of H-pyrrole nitrogens is 1. The Morgan fingerprint density at radius 2 is 2.33 bits per heavy atom. The summed E-state index contributed by atoms with van der Waals surface area (Å²) < 4.78 is 0. The van der Waals surface area contributed by atoms with Crippen molar-refractivity contribution in [1.29, 1.82) is 0 Å². The maximum atomic E-state index is 11.9. The highest BCUT2D eigenvalue weighted by molar-refractivity contribution is 5.78. The van der Waals surface area contributed by atoms with Crippen LogP contribution < -0.4 is 10.6 Å². The molecule has 1 aromatic heterocycles. The number of aromatic amines is 1. The van der Waals surface area contributed by atoms with Crippen molar-refractivity contribution in [2.24, 2.45) is 5.92 Å². The topological polar surface area (TPSA) is 95.6 Å². The average Bonchev–Trinajstić information content (AvgIpc) is 2.74. The maximum Gasteiger partial charge on any atom is 0.223 e. The first-order valence-corrected chi connectivity index (χ1v) is 6.57. The smallest absolute Gasteiger partial charge is 0.223 e. The van der Waals surface area contributed by atoms with Gasteiger partial charge in [0, 0.05) is 18.9 Å². The van der Waals surface area contributed by atoms with Gasteiger partial charge in [-0.2, -0.15) is 5.21 Å². The number of amides is 1. The van der Waals surface area contributed by atoms with Gasteiger partial charge in [0.15, 0.2) is 5.82 Å². The number of carbonyl (C=O) groups excluding carboxylic acids is 1. The molecule has 0 aliphatic carbocycles. The minimum Gasteiger partial charge on any atom is -0.356 e. The minimum atomic E-state index is 0.171. The van der Waals surface area contributed by atoms with Crippen molar-refractivity contribution in [3.8, 4) is 0 Å². The fraction of sp³-hybridized carbons (Fsp3) is 0.818. The molecule has 1 fully saturated rings. The van der Waals surface area contributed by atoms with Gasteiger partial charge in [-0.15, -0.1) is 10.2 Å². The number of rotatable bonds is 5. The van der Waals surface area contributed by atoms with E-state index in [1.807, 2.05) is 0 Å². The number of nitrogens with zero attached hydrogens (tertiary/aromatic N) is 3. The first-order chi connectivity index (χ1) is 8.86. The Morgan fingerprint density at radius 1 is 1.39 bits per heavy atom. The number of nitrogens with one attached hydrogen (secondary N) is 3. The van der Waals surface area contributed by atoms with E-state index in [1.54, 1.807) is 0 Å². The van der Waals surface area contributed by atoms with Gasteiger partial charge in [0.1, 0.15) is 0 Å². The molecular weight excluding hydrogens is 232 g/mol. The van der Waals surface area contributed by atoms with Crippen LogP contribution in [0, 0.1) is 5.92 Å². The first-order valence-electron chi connectivity index (χ1n) is 6.57. The highest BCUT2D eigenvalue weighted by atomic mass is 16.1. The van der Waals surface area contributed by atoms with Gasteiger partial charge in [-0.1, -0.05) is 5.21 Å². The van der Waals surface area contributed by atoms with E-state index in [0.29, 0.717) is 12.4 Å². The zero-order valence-corrected chi connectivity index (χ0v) is 10.5. The lowest BCUT2D eigenvalue weighted by atomic mass is 10.00. The predicted molar refractivity (Wildman–Crippen MR) is 65.7 cm³/mol. The van der Waals surface area contributed by atoms with Gasteiger partial charge in [-0.25, -0.2) is 0 Å². The Hall–Kier alpha value is -1.50. The Bertz CT molecular complexity index is 344. The maximum absolute atomic E-state index is 11.9. The number of hydrogen-bond donors (Lipinski definition) is 3. The van der Waals surface area contributed by atoms with E-state index < -0.39 is 0 Å². The Morgan fingerprint density at radius 3 is 3.17 bits per heavy atom. The molecule has 0 aromatic carbocycles. The summed E-state index contributed by atoms with van der Waals surface area (Å²) in [6.07, 6.45) is 4.60. The van der Waals surface area contributed by atoms with Crippen LogP contribution in [0.1, 0.15) is 31.5 Å². The number of hydrogen-bond acceptors (Lipinski definition) is 5. The van der Waals surface area contributed by atoms with Crippen LogP contribution in [0.2, 0.25) is 0 Å². The van der Waals surface area contributed by atoms with E-state index in [0.717, 1.165) is 45.2 Å². The standard InChI is InChI=1S/C11H20N6O/c18-11(9-3-1-6-12-8-5-9)13-7-2-4-10-14-16-17-15-10/h9,12H,1-8H2,(H,13,18)(H,14,15,16,17)/t9-/m1/s1. The molecule has 1 aromatic rings. The SMILES string of the molecule is O=C(NCCCc1nn[nH]n1)[C@@H]1CCCNCC1. The summed E-state index contributed by atoms with van der Waals surface area (Å²) in [6.45, 7) is 2.65. The molecule has 1 saturated heterocycles. The van der Waals surface area contributed by atoms with E-state index in [2.05, 4.69) is 31.3 Å². The predicted octanol–water partition coefficient (Wildman–Crippen LogP) is -0.362. The van der Waals surface area contributed by atoms with Crippen molar-refractivity contribution >= 4 is 5.91 Å². The lowest BCUT2D eigenvalue weighted by Crippen LogP contribution is -2.32.